The van der Waals surface area contributed by atoms with Crippen LogP contribution < -0.4 is 0 Å². The zero-order chi connectivity index (χ0) is 16.4. The fourth-order valence-corrected chi connectivity index (χ4v) is 5.13. The molecule has 3 aliphatic heterocycles. The minimum atomic E-state index is -3.74. The van der Waals surface area contributed by atoms with Gasteiger partial charge in [-0.25, -0.2) is 13.2 Å². The second kappa shape index (κ2) is 4.28. The van der Waals surface area contributed by atoms with Crippen LogP contribution in [0.3, 0.4) is 0 Å². The molecule has 22 heavy (non-hydrogen) atoms. The number of sulfone groups is 1. The Morgan fingerprint density at radius 2 is 1.68 bits per heavy atom. The summed E-state index contributed by atoms with van der Waals surface area (Å²) >= 11 is 0. The normalized spacial score (nSPS) is 32.0. The lowest BCUT2D eigenvalue weighted by molar-refractivity contribution is -0.203. The highest BCUT2D eigenvalue weighted by molar-refractivity contribution is 7.93. The van der Waals surface area contributed by atoms with Crippen LogP contribution in [-0.4, -0.2) is 58.2 Å². The molecule has 120 valence electrons. The van der Waals surface area contributed by atoms with Crippen molar-refractivity contribution >= 4 is 33.5 Å². The molecule has 3 fully saturated rings. The smallest absolute Gasteiger partial charge is 0.328 e. The molecule has 3 heterocycles. The molecule has 0 N–H and O–H groups in total. The Morgan fingerprint density at radius 1 is 1.14 bits per heavy atom. The molecule has 3 aliphatic rings. The summed E-state index contributed by atoms with van der Waals surface area (Å²) in [6.07, 6.45) is -0.301. The maximum absolute atomic E-state index is 12.4. The molecule has 0 spiro atoms. The molecule has 0 aromatic carbocycles. The van der Waals surface area contributed by atoms with E-state index < -0.39 is 49.7 Å². The number of imide groups is 1. The first kappa shape index (κ1) is 14.9. The van der Waals surface area contributed by atoms with E-state index in [0.717, 1.165) is 4.90 Å². The number of carbonyl (C=O) groups excluding carboxylic acids is 4. The monoisotopic (exact) mass is 330 g/mol. The Labute approximate surface area is 126 Å². The van der Waals surface area contributed by atoms with Gasteiger partial charge < -0.3 is 9.74 Å². The van der Waals surface area contributed by atoms with Gasteiger partial charge in [-0.1, -0.05) is 0 Å². The molecule has 3 saturated heterocycles. The molecule has 9 nitrogen and oxygen atoms in total. The van der Waals surface area contributed by atoms with Crippen molar-refractivity contribution in [3.8, 4) is 0 Å². The van der Waals surface area contributed by atoms with Gasteiger partial charge in [0.25, 0.3) is 11.8 Å². The number of β-lactam (4-membered cyclic amide) rings is 1. The standard InChI is InChI=1S/C12H14N2O7S/c1-12(2)10(13-8(17)5-9(13)22(12,19)20)11(18)21-14-6(15)3-4-7(14)16/h9-10H,3-5H2,1-2H3/t9-,10+/m0/s1. The summed E-state index contributed by atoms with van der Waals surface area (Å²) in [7, 11) is -3.74. The van der Waals surface area contributed by atoms with Crippen LogP contribution in [0.15, 0.2) is 0 Å². The Bertz CT molecular complexity index is 695. The van der Waals surface area contributed by atoms with E-state index in [0.29, 0.717) is 5.06 Å². The molecule has 0 bridgehead atoms. The molecule has 10 heteroatoms. The van der Waals surface area contributed by atoms with E-state index in [1.807, 2.05) is 0 Å². The Balaban J connectivity index is 1.90. The Kier molecular flexibility index (Phi) is 2.91. The van der Waals surface area contributed by atoms with Crippen LogP contribution in [0, 0.1) is 0 Å². The third-order valence-electron chi connectivity index (χ3n) is 4.39. The van der Waals surface area contributed by atoms with Gasteiger partial charge >= 0.3 is 5.97 Å². The van der Waals surface area contributed by atoms with Crippen molar-refractivity contribution in [3.63, 3.8) is 0 Å². The van der Waals surface area contributed by atoms with Crippen LogP contribution in [0.25, 0.3) is 0 Å². The van der Waals surface area contributed by atoms with Gasteiger partial charge in [-0.15, -0.1) is 5.06 Å². The molecule has 0 saturated carbocycles. The fourth-order valence-electron chi connectivity index (χ4n) is 3.01. The zero-order valence-electron chi connectivity index (χ0n) is 11.9. The van der Waals surface area contributed by atoms with Crippen molar-refractivity contribution in [2.24, 2.45) is 0 Å². The van der Waals surface area contributed by atoms with Gasteiger partial charge in [0.1, 0.15) is 10.1 Å². The van der Waals surface area contributed by atoms with Gasteiger partial charge in [0, 0.05) is 12.8 Å². The van der Waals surface area contributed by atoms with Gasteiger partial charge in [0.2, 0.25) is 5.91 Å². The average molecular weight is 330 g/mol. The van der Waals surface area contributed by atoms with Crippen LogP contribution >= 0.6 is 0 Å². The Morgan fingerprint density at radius 3 is 2.18 bits per heavy atom. The molecule has 3 amide bonds. The summed E-state index contributed by atoms with van der Waals surface area (Å²) in [6, 6.07) is -1.37. The quantitative estimate of drug-likeness (QED) is 0.457. The minimum Gasteiger partial charge on any atom is -0.328 e. The second-order valence-corrected chi connectivity index (χ2v) is 8.69. The molecular weight excluding hydrogens is 316 g/mol. The molecule has 3 rings (SSSR count). The van der Waals surface area contributed by atoms with Crippen molar-refractivity contribution in [1.82, 2.24) is 9.96 Å². The van der Waals surface area contributed by atoms with Gasteiger partial charge in [0.05, 0.1) is 6.42 Å². The summed E-state index contributed by atoms with van der Waals surface area (Å²) in [5.74, 6) is -2.89. The summed E-state index contributed by atoms with van der Waals surface area (Å²) in [6.45, 7) is 2.65. The third-order valence-corrected chi connectivity index (χ3v) is 7.19. The highest BCUT2D eigenvalue weighted by Gasteiger charge is 2.68. The van der Waals surface area contributed by atoms with E-state index in [1.54, 1.807) is 0 Å². The number of fused-ring (bicyclic) bond motifs is 1. The first-order valence-corrected chi connectivity index (χ1v) is 8.26. The summed E-state index contributed by atoms with van der Waals surface area (Å²) in [4.78, 5) is 52.7. The fraction of sp³-hybridized carbons (Fsp3) is 0.667. The number of hydrogen-bond acceptors (Lipinski definition) is 7. The number of hydrogen-bond donors (Lipinski definition) is 0. The van der Waals surface area contributed by atoms with Crippen molar-refractivity contribution in [2.45, 2.75) is 49.3 Å². The summed E-state index contributed by atoms with van der Waals surface area (Å²) in [5.41, 5.74) is 0. The molecule has 0 aromatic heterocycles. The highest BCUT2D eigenvalue weighted by atomic mass is 32.2. The first-order valence-electron chi connectivity index (χ1n) is 6.71. The van der Waals surface area contributed by atoms with Crippen LogP contribution in [0.5, 0.6) is 0 Å². The van der Waals surface area contributed by atoms with Gasteiger partial charge in [0.15, 0.2) is 15.9 Å². The van der Waals surface area contributed by atoms with Crippen molar-refractivity contribution in [1.29, 1.82) is 0 Å². The lowest BCUT2D eigenvalue weighted by Crippen LogP contribution is -2.58. The average Bonchev–Trinajstić information content (AvgIpc) is 2.77. The molecular formula is C12H14N2O7S. The van der Waals surface area contributed by atoms with Crippen LogP contribution in [0.1, 0.15) is 33.1 Å². The van der Waals surface area contributed by atoms with Crippen molar-refractivity contribution in [3.05, 3.63) is 0 Å². The van der Waals surface area contributed by atoms with E-state index in [9.17, 15) is 27.6 Å². The third kappa shape index (κ3) is 1.67. The van der Waals surface area contributed by atoms with Crippen molar-refractivity contribution < 1.29 is 32.4 Å². The molecule has 0 radical (unpaired) electrons. The second-order valence-electron chi connectivity index (χ2n) is 6.00. The van der Waals surface area contributed by atoms with E-state index in [2.05, 4.69) is 0 Å². The predicted octanol–water partition coefficient (Wildman–Crippen LogP) is -1.27. The van der Waals surface area contributed by atoms with Gasteiger partial charge in [-0.3, -0.25) is 14.4 Å². The molecule has 2 atom stereocenters. The van der Waals surface area contributed by atoms with Crippen LogP contribution in [-0.2, 0) is 33.9 Å². The highest BCUT2D eigenvalue weighted by Crippen LogP contribution is 2.46. The maximum atomic E-state index is 12.4. The van der Waals surface area contributed by atoms with Crippen LogP contribution in [0.2, 0.25) is 0 Å². The van der Waals surface area contributed by atoms with E-state index in [-0.39, 0.29) is 19.3 Å². The molecule has 0 aromatic rings. The first-order chi connectivity index (χ1) is 10.1. The van der Waals surface area contributed by atoms with Crippen LogP contribution in [0.4, 0.5) is 0 Å². The van der Waals surface area contributed by atoms with Gasteiger partial charge in [-0.2, -0.15) is 0 Å². The topological polar surface area (TPSA) is 118 Å². The summed E-state index contributed by atoms with van der Waals surface area (Å²) < 4.78 is 23.2. The number of carbonyl (C=O) groups is 4. The summed E-state index contributed by atoms with van der Waals surface area (Å²) in [5, 5.41) is -0.694. The largest absolute Gasteiger partial charge is 0.357 e. The maximum Gasteiger partial charge on any atom is 0.357 e. The van der Waals surface area contributed by atoms with Crippen molar-refractivity contribution in [2.75, 3.05) is 0 Å². The number of amides is 3. The van der Waals surface area contributed by atoms with Gasteiger partial charge in [-0.05, 0) is 13.8 Å². The van der Waals surface area contributed by atoms with E-state index in [4.69, 9.17) is 4.84 Å². The SMILES string of the molecule is CC1(C)[C@@H](C(=O)ON2C(=O)CCC2=O)N2C(=O)C[C@@H]2S1(=O)=O. The predicted molar refractivity (Wildman–Crippen MR) is 69.2 cm³/mol. The molecule has 0 unspecified atom stereocenters. The number of rotatable bonds is 2. The lowest BCUT2D eigenvalue weighted by atomic mass is 9.98. The number of nitrogens with zero attached hydrogens (tertiary/aromatic N) is 2. The number of hydroxylamine groups is 2. The van der Waals surface area contributed by atoms with E-state index >= 15 is 0 Å². The minimum absolute atomic E-state index is 0.0657. The van der Waals surface area contributed by atoms with E-state index in [1.165, 1.54) is 13.8 Å². The lowest BCUT2D eigenvalue weighted by Gasteiger charge is -2.36. The Hall–Kier alpha value is -1.97. The molecule has 0 aliphatic carbocycles. The zero-order valence-corrected chi connectivity index (χ0v) is 12.8.